The van der Waals surface area contributed by atoms with E-state index < -0.39 is 0 Å². The third-order valence-corrected chi connectivity index (χ3v) is 4.03. The van der Waals surface area contributed by atoms with Crippen molar-refractivity contribution in [3.63, 3.8) is 0 Å². The molecule has 1 heterocycles. The topological polar surface area (TPSA) is 12.5 Å². The lowest BCUT2D eigenvalue weighted by molar-refractivity contribution is 0.387. The Bertz CT molecular complexity index is 163. The van der Waals surface area contributed by atoms with Crippen LogP contribution in [-0.2, 0) is 4.74 Å². The van der Waals surface area contributed by atoms with Gasteiger partial charge in [-0.15, -0.1) is 0 Å². The van der Waals surface area contributed by atoms with Crippen LogP contribution in [0.15, 0.2) is 0 Å². The molecule has 0 aromatic rings. The molecule has 1 rings (SSSR count). The highest BCUT2D eigenvalue weighted by atomic mass is 16.6. The van der Waals surface area contributed by atoms with Crippen LogP contribution in [0, 0.1) is 0 Å². The highest BCUT2D eigenvalue weighted by Crippen LogP contribution is 2.18. The molecule has 1 atom stereocenters. The minimum Gasteiger partial charge on any atom is -0.373 e. The summed E-state index contributed by atoms with van der Waals surface area (Å²) in [5.74, 6) is 0. The van der Waals surface area contributed by atoms with Crippen LogP contribution in [0.5, 0.6) is 0 Å². The van der Waals surface area contributed by atoms with Gasteiger partial charge in [-0.1, -0.05) is 90.4 Å². The summed E-state index contributed by atoms with van der Waals surface area (Å²) in [4.78, 5) is 0. The molecule has 1 fully saturated rings. The van der Waals surface area contributed by atoms with Gasteiger partial charge in [0.15, 0.2) is 0 Å². The Kier molecular flexibility index (Phi) is 10.7. The number of epoxide rings is 1. The second kappa shape index (κ2) is 12.0. The van der Waals surface area contributed by atoms with Crippen molar-refractivity contribution >= 4 is 0 Å². The number of hydrogen-bond acceptors (Lipinski definition) is 1. The van der Waals surface area contributed by atoms with E-state index in [2.05, 4.69) is 6.92 Å². The molecule has 0 spiro atoms. The van der Waals surface area contributed by atoms with Gasteiger partial charge in [-0.25, -0.2) is 0 Å². The van der Waals surface area contributed by atoms with E-state index in [1.807, 2.05) is 0 Å². The molecular weight excluding hydrogens is 220 g/mol. The molecular formula is C17H34O. The molecule has 0 aromatic heterocycles. The summed E-state index contributed by atoms with van der Waals surface area (Å²) in [5, 5.41) is 0. The van der Waals surface area contributed by atoms with Gasteiger partial charge in [0, 0.05) is 0 Å². The van der Waals surface area contributed by atoms with Crippen LogP contribution in [0.1, 0.15) is 96.8 Å². The zero-order chi connectivity index (χ0) is 12.9. The Morgan fingerprint density at radius 3 is 1.44 bits per heavy atom. The Morgan fingerprint density at radius 1 is 0.667 bits per heavy atom. The van der Waals surface area contributed by atoms with Crippen molar-refractivity contribution < 1.29 is 4.74 Å². The number of rotatable bonds is 14. The van der Waals surface area contributed by atoms with Crippen LogP contribution >= 0.6 is 0 Å². The first-order chi connectivity index (χ1) is 8.93. The molecule has 0 bridgehead atoms. The summed E-state index contributed by atoms with van der Waals surface area (Å²) in [6.07, 6.45) is 20.8. The molecule has 1 nitrogen and oxygen atoms in total. The third kappa shape index (κ3) is 11.1. The summed E-state index contributed by atoms with van der Waals surface area (Å²) in [6, 6.07) is 0. The van der Waals surface area contributed by atoms with Gasteiger partial charge in [-0.3, -0.25) is 0 Å². The molecule has 18 heavy (non-hydrogen) atoms. The average molecular weight is 254 g/mol. The Balaban J connectivity index is 1.60. The van der Waals surface area contributed by atoms with E-state index in [4.69, 9.17) is 4.74 Å². The van der Waals surface area contributed by atoms with Crippen LogP contribution in [-0.4, -0.2) is 12.7 Å². The molecule has 1 aliphatic rings. The molecule has 0 unspecified atom stereocenters. The quantitative estimate of drug-likeness (QED) is 0.279. The maximum Gasteiger partial charge on any atom is 0.0810 e. The highest BCUT2D eigenvalue weighted by molar-refractivity contribution is 4.68. The van der Waals surface area contributed by atoms with E-state index in [-0.39, 0.29) is 0 Å². The summed E-state index contributed by atoms with van der Waals surface area (Å²) in [7, 11) is 0. The molecule has 1 saturated heterocycles. The van der Waals surface area contributed by atoms with Gasteiger partial charge in [0.2, 0.25) is 0 Å². The number of unbranched alkanes of at least 4 members (excludes halogenated alkanes) is 12. The van der Waals surface area contributed by atoms with Crippen LogP contribution in [0.2, 0.25) is 0 Å². The van der Waals surface area contributed by atoms with Crippen molar-refractivity contribution in [1.82, 2.24) is 0 Å². The smallest absolute Gasteiger partial charge is 0.0810 e. The van der Waals surface area contributed by atoms with E-state index in [0.29, 0.717) is 6.10 Å². The molecule has 0 saturated carbocycles. The van der Waals surface area contributed by atoms with Crippen molar-refractivity contribution in [2.75, 3.05) is 6.61 Å². The van der Waals surface area contributed by atoms with Gasteiger partial charge in [-0.05, 0) is 6.42 Å². The second-order valence-electron chi connectivity index (χ2n) is 5.99. The first kappa shape index (κ1) is 16.0. The van der Waals surface area contributed by atoms with Crippen molar-refractivity contribution in [2.45, 2.75) is 103 Å². The second-order valence-corrected chi connectivity index (χ2v) is 5.99. The lowest BCUT2D eigenvalue weighted by atomic mass is 10.0. The summed E-state index contributed by atoms with van der Waals surface area (Å²) >= 11 is 0. The maximum atomic E-state index is 5.22. The minimum absolute atomic E-state index is 0.651. The molecule has 0 aliphatic carbocycles. The van der Waals surface area contributed by atoms with Crippen LogP contribution in [0.4, 0.5) is 0 Å². The van der Waals surface area contributed by atoms with Gasteiger partial charge >= 0.3 is 0 Å². The molecule has 108 valence electrons. The van der Waals surface area contributed by atoms with E-state index in [1.54, 1.807) is 0 Å². The average Bonchev–Trinajstić information content (AvgIpc) is 3.19. The van der Waals surface area contributed by atoms with E-state index >= 15 is 0 Å². The first-order valence-corrected chi connectivity index (χ1v) is 8.55. The Labute approximate surface area is 115 Å². The van der Waals surface area contributed by atoms with Gasteiger partial charge in [-0.2, -0.15) is 0 Å². The number of ether oxygens (including phenoxy) is 1. The van der Waals surface area contributed by atoms with E-state index in [1.165, 1.54) is 89.9 Å². The van der Waals surface area contributed by atoms with Gasteiger partial charge < -0.3 is 4.74 Å². The monoisotopic (exact) mass is 254 g/mol. The SMILES string of the molecule is CCCCCCCCCCCCCCC[C@@H]1CO1. The molecule has 0 N–H and O–H groups in total. The van der Waals surface area contributed by atoms with Gasteiger partial charge in [0.25, 0.3) is 0 Å². The Hall–Kier alpha value is -0.0400. The largest absolute Gasteiger partial charge is 0.373 e. The van der Waals surface area contributed by atoms with Gasteiger partial charge in [0.05, 0.1) is 12.7 Å². The summed E-state index contributed by atoms with van der Waals surface area (Å²) in [6.45, 7) is 3.33. The lowest BCUT2D eigenvalue weighted by Gasteiger charge is -2.02. The fraction of sp³-hybridized carbons (Fsp3) is 1.00. The third-order valence-electron chi connectivity index (χ3n) is 4.03. The predicted octanol–water partition coefficient (Wildman–Crippen LogP) is 5.87. The minimum atomic E-state index is 0.651. The zero-order valence-corrected chi connectivity index (χ0v) is 12.6. The lowest BCUT2D eigenvalue weighted by Crippen LogP contribution is -1.86. The van der Waals surface area contributed by atoms with Crippen molar-refractivity contribution in [2.24, 2.45) is 0 Å². The van der Waals surface area contributed by atoms with Crippen LogP contribution in [0.3, 0.4) is 0 Å². The molecule has 0 radical (unpaired) electrons. The number of hydrogen-bond donors (Lipinski definition) is 0. The normalized spacial score (nSPS) is 18.2. The molecule has 0 amide bonds. The summed E-state index contributed by atoms with van der Waals surface area (Å²) < 4.78 is 5.22. The van der Waals surface area contributed by atoms with Crippen molar-refractivity contribution in [3.05, 3.63) is 0 Å². The van der Waals surface area contributed by atoms with Gasteiger partial charge in [0.1, 0.15) is 0 Å². The van der Waals surface area contributed by atoms with E-state index in [0.717, 1.165) is 6.61 Å². The van der Waals surface area contributed by atoms with Crippen molar-refractivity contribution in [1.29, 1.82) is 0 Å². The van der Waals surface area contributed by atoms with Crippen LogP contribution < -0.4 is 0 Å². The first-order valence-electron chi connectivity index (χ1n) is 8.55. The zero-order valence-electron chi connectivity index (χ0n) is 12.6. The fourth-order valence-corrected chi connectivity index (χ4v) is 2.62. The molecule has 1 aliphatic heterocycles. The predicted molar refractivity (Wildman–Crippen MR) is 80.1 cm³/mol. The standard InChI is InChI=1S/C17H34O/c1-2-3-4-5-6-7-8-9-10-11-12-13-14-15-17-16-18-17/h17H,2-16H2,1H3/t17-/m1/s1. The van der Waals surface area contributed by atoms with Crippen LogP contribution in [0.25, 0.3) is 0 Å². The van der Waals surface area contributed by atoms with E-state index in [9.17, 15) is 0 Å². The fourth-order valence-electron chi connectivity index (χ4n) is 2.62. The van der Waals surface area contributed by atoms with Crippen molar-refractivity contribution in [3.8, 4) is 0 Å². The molecule has 1 heteroatoms. The highest BCUT2D eigenvalue weighted by Gasteiger charge is 2.20. The Morgan fingerprint density at radius 2 is 1.06 bits per heavy atom. The maximum absolute atomic E-state index is 5.22. The molecule has 0 aromatic carbocycles. The summed E-state index contributed by atoms with van der Waals surface area (Å²) in [5.41, 5.74) is 0.